The Bertz CT molecular complexity index is 202. The summed E-state index contributed by atoms with van der Waals surface area (Å²) in [5.74, 6) is 0. The van der Waals surface area contributed by atoms with Crippen molar-refractivity contribution in [3.8, 4) is 0 Å². The van der Waals surface area contributed by atoms with Crippen LogP contribution in [0.1, 0.15) is 19.8 Å². The fraction of sp³-hybridized carbons (Fsp3) is 0.600. The van der Waals surface area contributed by atoms with E-state index in [-0.39, 0.29) is 5.72 Å². The number of hydrogen-bond donors (Lipinski definition) is 0. The zero-order valence-electron chi connectivity index (χ0n) is 8.05. The van der Waals surface area contributed by atoms with Crippen LogP contribution >= 0.6 is 0 Å². The van der Waals surface area contributed by atoms with Crippen molar-refractivity contribution < 1.29 is 9.48 Å². The normalized spacial score (nSPS) is 39.2. The first-order chi connectivity index (χ1) is 5.64. The topological polar surface area (TPSA) is 12.5 Å². The molecule has 0 amide bonds. The van der Waals surface area contributed by atoms with Crippen LogP contribution in [0, 0.1) is 0 Å². The van der Waals surface area contributed by atoms with Crippen LogP contribution < -0.4 is 0 Å². The Morgan fingerprint density at radius 3 is 2.58 bits per heavy atom. The molecule has 1 saturated heterocycles. The van der Waals surface area contributed by atoms with Crippen molar-refractivity contribution >= 4 is 0 Å². The van der Waals surface area contributed by atoms with E-state index in [0.29, 0.717) is 4.65 Å². The molecule has 0 radical (unpaired) electrons. The minimum absolute atomic E-state index is 0.122. The van der Waals surface area contributed by atoms with Gasteiger partial charge in [0.05, 0.1) is 0 Å². The maximum atomic E-state index is 5.67. The van der Waals surface area contributed by atoms with E-state index in [2.05, 4.69) is 27.1 Å². The molecule has 0 aromatic carbocycles. The Morgan fingerprint density at radius 1 is 1.50 bits per heavy atom. The van der Waals surface area contributed by atoms with Gasteiger partial charge in [0.15, 0.2) is 0 Å². The highest BCUT2D eigenvalue weighted by Crippen LogP contribution is 2.47. The molecule has 0 aromatic heterocycles. The average molecular weight is 168 g/mol. The van der Waals surface area contributed by atoms with E-state index < -0.39 is 0 Å². The maximum absolute atomic E-state index is 5.67. The van der Waals surface area contributed by atoms with Crippen molar-refractivity contribution in [1.82, 2.24) is 0 Å². The molecule has 12 heavy (non-hydrogen) atoms. The van der Waals surface area contributed by atoms with Crippen molar-refractivity contribution in [3.63, 3.8) is 0 Å². The third-order valence-corrected chi connectivity index (χ3v) is 2.53. The molecule has 0 spiro atoms. The molecule has 1 aliphatic heterocycles. The first kappa shape index (κ1) is 9.49. The van der Waals surface area contributed by atoms with Crippen molar-refractivity contribution in [2.45, 2.75) is 25.5 Å². The Kier molecular flexibility index (Phi) is 2.40. The SMILES string of the molecule is C=CC[N+]1(C)OC1(C=C)CCC. The lowest BCUT2D eigenvalue weighted by molar-refractivity contribution is -0.903. The molecule has 1 aliphatic rings. The lowest BCUT2D eigenvalue weighted by Gasteiger charge is -2.08. The zero-order chi connectivity index (χ0) is 9.24. The quantitative estimate of drug-likeness (QED) is 0.348. The molecular weight excluding hydrogens is 150 g/mol. The molecule has 2 heteroatoms. The standard InChI is InChI=1S/C10H18NO/c1-5-8-10(7-3)11(4,12-10)9-6-2/h6-7H,2-3,5,8-9H2,1,4H3/q+1. The molecule has 1 rings (SSSR count). The second-order valence-electron chi connectivity index (χ2n) is 3.46. The molecule has 1 fully saturated rings. The molecule has 0 saturated carbocycles. The molecule has 68 valence electrons. The second kappa shape index (κ2) is 3.04. The summed E-state index contributed by atoms with van der Waals surface area (Å²) in [4.78, 5) is 5.67. The van der Waals surface area contributed by atoms with E-state index in [4.69, 9.17) is 4.84 Å². The predicted molar refractivity (Wildman–Crippen MR) is 50.2 cm³/mol. The van der Waals surface area contributed by atoms with Crippen LogP contribution in [0.25, 0.3) is 0 Å². The van der Waals surface area contributed by atoms with Crippen LogP contribution in [0.3, 0.4) is 0 Å². The summed E-state index contributed by atoms with van der Waals surface area (Å²) >= 11 is 0. The number of quaternary nitrogens is 1. The van der Waals surface area contributed by atoms with Gasteiger partial charge < -0.3 is 0 Å². The van der Waals surface area contributed by atoms with Gasteiger partial charge in [0, 0.05) is 12.5 Å². The summed E-state index contributed by atoms with van der Waals surface area (Å²) in [6.45, 7) is 10.5. The third-order valence-electron chi connectivity index (χ3n) is 2.53. The summed E-state index contributed by atoms with van der Waals surface area (Å²) < 4.78 is 0.619. The van der Waals surface area contributed by atoms with Gasteiger partial charge in [-0.05, 0) is 12.5 Å². The Labute approximate surface area is 74.7 Å². The monoisotopic (exact) mass is 168 g/mol. The van der Waals surface area contributed by atoms with Gasteiger partial charge in [-0.1, -0.05) is 20.1 Å². The molecule has 2 nitrogen and oxygen atoms in total. The zero-order valence-corrected chi connectivity index (χ0v) is 8.05. The number of likely N-dealkylation sites (N-methyl/N-ethyl adjacent to an activating group) is 1. The maximum Gasteiger partial charge on any atom is 0.302 e. The number of rotatable bonds is 5. The Balaban J connectivity index is 2.63. The van der Waals surface area contributed by atoms with Gasteiger partial charge in [0.25, 0.3) is 0 Å². The predicted octanol–water partition coefficient (Wildman–Crippen LogP) is 2.25. The van der Waals surface area contributed by atoms with E-state index in [9.17, 15) is 0 Å². The van der Waals surface area contributed by atoms with Gasteiger partial charge in [-0.15, -0.1) is 9.48 Å². The molecule has 0 aromatic rings. The fourth-order valence-electron chi connectivity index (χ4n) is 1.74. The minimum atomic E-state index is -0.122. The minimum Gasteiger partial charge on any atom is -0.136 e. The summed E-state index contributed by atoms with van der Waals surface area (Å²) in [6, 6.07) is 0. The number of hydroxylamine groups is 3. The molecule has 1 heterocycles. The molecule has 0 N–H and O–H groups in total. The van der Waals surface area contributed by atoms with Crippen molar-refractivity contribution in [2.24, 2.45) is 0 Å². The van der Waals surface area contributed by atoms with E-state index in [0.717, 1.165) is 19.4 Å². The van der Waals surface area contributed by atoms with E-state index in [1.165, 1.54) is 0 Å². The lowest BCUT2D eigenvalue weighted by atomic mass is 10.1. The average Bonchev–Trinajstić information content (AvgIpc) is 2.59. The fourth-order valence-corrected chi connectivity index (χ4v) is 1.74. The van der Waals surface area contributed by atoms with Gasteiger partial charge >= 0.3 is 5.72 Å². The van der Waals surface area contributed by atoms with Crippen molar-refractivity contribution in [2.75, 3.05) is 13.6 Å². The number of hydrogen-bond acceptors (Lipinski definition) is 1. The van der Waals surface area contributed by atoms with E-state index in [1.807, 2.05) is 12.2 Å². The largest absolute Gasteiger partial charge is 0.302 e. The van der Waals surface area contributed by atoms with Gasteiger partial charge in [-0.3, -0.25) is 0 Å². The number of nitrogens with zero attached hydrogens (tertiary/aromatic N) is 1. The Hall–Kier alpha value is -0.600. The van der Waals surface area contributed by atoms with Crippen LogP contribution in [-0.4, -0.2) is 24.0 Å². The highest BCUT2D eigenvalue weighted by molar-refractivity contribution is 4.94. The van der Waals surface area contributed by atoms with Crippen LogP contribution in [-0.2, 0) is 4.84 Å². The van der Waals surface area contributed by atoms with Crippen LogP contribution in [0.5, 0.6) is 0 Å². The molecule has 2 atom stereocenters. The van der Waals surface area contributed by atoms with Gasteiger partial charge in [-0.25, -0.2) is 0 Å². The molecule has 2 unspecified atom stereocenters. The van der Waals surface area contributed by atoms with Crippen LogP contribution in [0.2, 0.25) is 0 Å². The van der Waals surface area contributed by atoms with Gasteiger partial charge in [-0.2, -0.15) is 0 Å². The molecule has 0 bridgehead atoms. The first-order valence-corrected chi connectivity index (χ1v) is 4.45. The van der Waals surface area contributed by atoms with Crippen molar-refractivity contribution in [1.29, 1.82) is 0 Å². The van der Waals surface area contributed by atoms with Crippen LogP contribution in [0.15, 0.2) is 25.3 Å². The highest BCUT2D eigenvalue weighted by atomic mass is 16.9. The van der Waals surface area contributed by atoms with Crippen molar-refractivity contribution in [3.05, 3.63) is 25.3 Å². The van der Waals surface area contributed by atoms with Gasteiger partial charge in [0.1, 0.15) is 13.6 Å². The van der Waals surface area contributed by atoms with Gasteiger partial charge in [0.2, 0.25) is 0 Å². The van der Waals surface area contributed by atoms with Crippen LogP contribution in [0.4, 0.5) is 0 Å². The molecular formula is C10H18NO+. The summed E-state index contributed by atoms with van der Waals surface area (Å²) in [7, 11) is 2.07. The van der Waals surface area contributed by atoms with E-state index >= 15 is 0 Å². The Morgan fingerprint density at radius 2 is 2.17 bits per heavy atom. The molecule has 0 aliphatic carbocycles. The third kappa shape index (κ3) is 1.21. The summed E-state index contributed by atoms with van der Waals surface area (Å²) in [5.41, 5.74) is -0.122. The van der Waals surface area contributed by atoms with E-state index in [1.54, 1.807) is 0 Å². The summed E-state index contributed by atoms with van der Waals surface area (Å²) in [5, 5.41) is 0. The highest BCUT2D eigenvalue weighted by Gasteiger charge is 2.68. The summed E-state index contributed by atoms with van der Waals surface area (Å²) in [6.07, 6.45) is 5.97. The lowest BCUT2D eigenvalue weighted by Crippen LogP contribution is -2.30. The smallest absolute Gasteiger partial charge is 0.136 e. The second-order valence-corrected chi connectivity index (χ2v) is 3.46. The first-order valence-electron chi connectivity index (χ1n) is 4.45.